The highest BCUT2D eigenvalue weighted by molar-refractivity contribution is 8.02. The maximum Gasteiger partial charge on any atom is 0.327 e. The fourth-order valence-corrected chi connectivity index (χ4v) is 12.1. The molecule has 5 aliphatic heterocycles. The maximum absolute atomic E-state index is 12.3. The van der Waals surface area contributed by atoms with E-state index in [9.17, 15) is 39.0 Å². The van der Waals surface area contributed by atoms with Crippen molar-refractivity contribution < 1.29 is 39.0 Å². The second-order valence-electron chi connectivity index (χ2n) is 17.4. The summed E-state index contributed by atoms with van der Waals surface area (Å²) in [6, 6.07) is 37.7. The number of benzene rings is 4. The van der Waals surface area contributed by atoms with Crippen molar-refractivity contribution in [3.63, 3.8) is 0 Å². The number of hydrogen-bond acceptors (Lipinski definition) is 10. The topological polar surface area (TPSA) is 197 Å². The number of nitrogens with zero attached hydrogens (tertiary/aromatic N) is 2. The van der Waals surface area contributed by atoms with Gasteiger partial charge in [0, 0.05) is 34.7 Å². The predicted octanol–water partition coefficient (Wildman–Crippen LogP) is 4.38. The normalized spacial score (nSPS) is 26.8. The molecule has 9 rings (SSSR count). The van der Waals surface area contributed by atoms with Crippen LogP contribution in [0.4, 0.5) is 0 Å². The molecular formula is C48H54N6O8S2. The summed E-state index contributed by atoms with van der Waals surface area (Å²) in [4.78, 5) is 74.4. The van der Waals surface area contributed by atoms with Crippen LogP contribution < -0.4 is 21.3 Å². The second-order valence-corrected chi connectivity index (χ2v) is 20.9. The molecule has 5 fully saturated rings. The first-order valence-electron chi connectivity index (χ1n) is 21.2. The van der Waals surface area contributed by atoms with E-state index in [0.29, 0.717) is 12.1 Å². The van der Waals surface area contributed by atoms with Crippen LogP contribution in [0.1, 0.15) is 62.0 Å². The van der Waals surface area contributed by atoms with Crippen LogP contribution in [0.3, 0.4) is 0 Å². The summed E-state index contributed by atoms with van der Waals surface area (Å²) in [6.45, 7) is 9.19. The molecule has 5 saturated heterocycles. The van der Waals surface area contributed by atoms with Crippen molar-refractivity contribution in [1.82, 2.24) is 31.1 Å². The fourth-order valence-electron chi connectivity index (χ4n) is 8.81. The molecule has 0 bridgehead atoms. The molecule has 0 spiro atoms. The highest BCUT2D eigenvalue weighted by Gasteiger charge is 2.65. The van der Waals surface area contributed by atoms with Gasteiger partial charge in [-0.1, -0.05) is 121 Å². The lowest BCUT2D eigenvalue weighted by molar-refractivity contribution is -0.161. The van der Waals surface area contributed by atoms with Gasteiger partial charge in [-0.05, 0) is 49.9 Å². The number of β-lactam (4-membered cyclic amide) rings is 2. The molecule has 4 aromatic rings. The average Bonchev–Trinajstić information content (AvgIpc) is 3.70. The second kappa shape index (κ2) is 19.6. The highest BCUT2D eigenvalue weighted by atomic mass is 32.2. The number of fused-ring (bicyclic) bond motifs is 2. The molecule has 4 aromatic carbocycles. The van der Waals surface area contributed by atoms with Crippen molar-refractivity contribution in [2.24, 2.45) is 0 Å². The number of rotatable bonds is 10. The minimum absolute atomic E-state index is 0.202. The Bertz CT molecular complexity index is 2150. The molecule has 336 valence electrons. The number of aliphatic carboxylic acids is 2. The Labute approximate surface area is 381 Å². The number of carboxylic acids is 2. The molecule has 16 heteroatoms. The summed E-state index contributed by atoms with van der Waals surface area (Å²) in [7, 11) is 0. The molecule has 5 heterocycles. The predicted molar refractivity (Wildman–Crippen MR) is 246 cm³/mol. The van der Waals surface area contributed by atoms with E-state index < -0.39 is 45.6 Å². The molecule has 6 N–H and O–H groups in total. The molecule has 2 unspecified atom stereocenters. The van der Waals surface area contributed by atoms with Gasteiger partial charge in [-0.2, -0.15) is 0 Å². The molecular weight excluding hydrogens is 853 g/mol. The van der Waals surface area contributed by atoms with Crippen LogP contribution in [-0.2, 0) is 41.6 Å². The fraction of sp³-hybridized carbons (Fsp3) is 0.375. The molecule has 5 aliphatic rings. The first-order chi connectivity index (χ1) is 30.6. The Morgan fingerprint density at radius 3 is 1.17 bits per heavy atom. The van der Waals surface area contributed by atoms with Crippen LogP contribution >= 0.6 is 23.5 Å². The monoisotopic (exact) mass is 906 g/mol. The largest absolute Gasteiger partial charge is 0.480 e. The van der Waals surface area contributed by atoms with Crippen molar-refractivity contribution >= 4 is 59.1 Å². The van der Waals surface area contributed by atoms with Crippen LogP contribution in [0.15, 0.2) is 121 Å². The van der Waals surface area contributed by atoms with E-state index in [-0.39, 0.29) is 47.2 Å². The lowest BCUT2D eigenvalue weighted by Crippen LogP contribution is -2.70. The van der Waals surface area contributed by atoms with Crippen LogP contribution in [0.25, 0.3) is 0 Å². The number of carboxylic acid groups (broad SMARTS) is 2. The van der Waals surface area contributed by atoms with E-state index in [2.05, 4.69) is 81.9 Å². The summed E-state index contributed by atoms with van der Waals surface area (Å²) >= 11 is 2.85. The number of carbonyl (C=O) groups excluding carboxylic acids is 4. The van der Waals surface area contributed by atoms with E-state index in [1.807, 2.05) is 88.4 Å². The maximum atomic E-state index is 12.3. The lowest BCUT2D eigenvalue weighted by atomic mass is 9.96. The number of amides is 4. The van der Waals surface area contributed by atoms with Crippen LogP contribution in [-0.4, -0.2) is 113 Å². The minimum Gasteiger partial charge on any atom is -0.480 e. The molecule has 0 saturated carbocycles. The number of piperazine rings is 1. The quantitative estimate of drug-likeness (QED) is 0.123. The van der Waals surface area contributed by atoms with E-state index >= 15 is 0 Å². The van der Waals surface area contributed by atoms with Gasteiger partial charge >= 0.3 is 11.9 Å². The van der Waals surface area contributed by atoms with E-state index in [0.717, 1.165) is 24.2 Å². The smallest absolute Gasteiger partial charge is 0.327 e. The van der Waals surface area contributed by atoms with E-state index in [4.69, 9.17) is 0 Å². The third-order valence-electron chi connectivity index (χ3n) is 11.9. The van der Waals surface area contributed by atoms with Gasteiger partial charge in [-0.15, -0.1) is 23.5 Å². The van der Waals surface area contributed by atoms with Crippen molar-refractivity contribution in [3.8, 4) is 0 Å². The lowest BCUT2D eigenvalue weighted by Gasteiger charge is -2.43. The Morgan fingerprint density at radius 1 is 0.562 bits per heavy atom. The molecule has 8 atom stereocenters. The van der Waals surface area contributed by atoms with Crippen molar-refractivity contribution in [1.29, 1.82) is 0 Å². The van der Waals surface area contributed by atoms with Gasteiger partial charge in [-0.3, -0.25) is 19.2 Å². The third-order valence-corrected chi connectivity index (χ3v) is 15.1. The van der Waals surface area contributed by atoms with Crippen molar-refractivity contribution in [2.75, 3.05) is 13.1 Å². The molecule has 4 amide bonds. The third kappa shape index (κ3) is 10.1. The average molecular weight is 907 g/mol. The molecule has 0 radical (unpaired) electrons. The van der Waals surface area contributed by atoms with Crippen LogP contribution in [0, 0.1) is 0 Å². The van der Waals surface area contributed by atoms with Gasteiger partial charge in [0.2, 0.25) is 23.6 Å². The Kier molecular flexibility index (Phi) is 14.2. The molecule has 0 aliphatic carbocycles. The van der Waals surface area contributed by atoms with Gasteiger partial charge in [0.15, 0.2) is 0 Å². The Hall–Kier alpha value is -5.68. The Morgan fingerprint density at radius 2 is 0.875 bits per heavy atom. The number of hydrogen-bond donors (Lipinski definition) is 6. The Balaban J connectivity index is 0.000000145. The molecule has 64 heavy (non-hydrogen) atoms. The van der Waals surface area contributed by atoms with Gasteiger partial charge in [0.25, 0.3) is 0 Å². The van der Waals surface area contributed by atoms with Gasteiger partial charge in [0.05, 0.1) is 12.8 Å². The first kappa shape index (κ1) is 46.3. The summed E-state index contributed by atoms with van der Waals surface area (Å²) in [5.74, 6) is -3.11. The zero-order valence-corrected chi connectivity index (χ0v) is 37.7. The van der Waals surface area contributed by atoms with Gasteiger partial charge < -0.3 is 41.3 Å². The zero-order chi connectivity index (χ0) is 45.8. The van der Waals surface area contributed by atoms with Crippen molar-refractivity contribution in [2.45, 2.75) is 97.0 Å². The standard InChI is InChI=1S/2C16H18N2O4S.C16H18N2/c2*1-16(2)12(15(21)22)18-13(20)11(14(18)23-16)17-10(19)8-9-6-4-3-5-7-9;1-3-7-13(8-4-1)15-11-18-16(12-17-15)14-9-5-2-6-10-14/h2*3-7,11-12,14H,8H2,1-2H3,(H,17,19)(H,21,22);1-10,15-18H,11-12H2/t2*11-,12+,14-;/m11./s1. The summed E-state index contributed by atoms with van der Waals surface area (Å²) in [6.07, 6.45) is 0.404. The number of carbonyl (C=O) groups is 6. The molecule has 14 nitrogen and oxygen atoms in total. The SMILES string of the molecule is CC1(C)S[C@@H]2[C@H](NC(=O)Cc3ccccc3)C(=O)N2[C@H]1C(=O)O.CC1(C)S[C@@H]2[C@H](NC(=O)Cc3ccccc3)C(=O)N2[C@H]1C(=O)O.c1ccc(C2CNC(c3ccccc3)CN2)cc1. The summed E-state index contributed by atoms with van der Waals surface area (Å²) in [5.41, 5.74) is 4.46. The van der Waals surface area contributed by atoms with E-state index in [1.165, 1.54) is 44.5 Å². The zero-order valence-electron chi connectivity index (χ0n) is 36.0. The molecule has 0 aromatic heterocycles. The minimum atomic E-state index is -1.01. The number of nitrogens with one attached hydrogen (secondary N) is 4. The van der Waals surface area contributed by atoms with Crippen LogP contribution in [0.5, 0.6) is 0 Å². The van der Waals surface area contributed by atoms with Gasteiger partial charge in [-0.25, -0.2) is 9.59 Å². The summed E-state index contributed by atoms with van der Waals surface area (Å²) in [5, 5.41) is 30.8. The van der Waals surface area contributed by atoms with Crippen LogP contribution in [0.2, 0.25) is 0 Å². The van der Waals surface area contributed by atoms with Gasteiger partial charge in [0.1, 0.15) is 34.9 Å². The highest BCUT2D eigenvalue weighted by Crippen LogP contribution is 2.52. The number of thioether (sulfide) groups is 2. The van der Waals surface area contributed by atoms with E-state index in [1.54, 1.807) is 0 Å². The summed E-state index contributed by atoms with van der Waals surface area (Å²) < 4.78 is -1.16. The van der Waals surface area contributed by atoms with Crippen molar-refractivity contribution in [3.05, 3.63) is 144 Å². The first-order valence-corrected chi connectivity index (χ1v) is 23.0.